The summed E-state index contributed by atoms with van der Waals surface area (Å²) in [5, 5.41) is 11.1. The van der Waals surface area contributed by atoms with E-state index in [0.29, 0.717) is 18.0 Å². The quantitative estimate of drug-likeness (QED) is 0.781. The summed E-state index contributed by atoms with van der Waals surface area (Å²) in [6, 6.07) is 10.0. The molecule has 24 heavy (non-hydrogen) atoms. The molecule has 1 amide bonds. The van der Waals surface area contributed by atoms with Crippen LogP contribution >= 0.6 is 0 Å². The lowest BCUT2D eigenvalue weighted by Gasteiger charge is -2.10. The van der Waals surface area contributed by atoms with Crippen LogP contribution in [0.5, 0.6) is 0 Å². The third-order valence-electron chi connectivity index (χ3n) is 4.00. The minimum Gasteiger partial charge on any atom is -0.361 e. The highest BCUT2D eigenvalue weighted by Crippen LogP contribution is 2.24. The normalized spacial score (nSPS) is 12.1. The third kappa shape index (κ3) is 3.37. The monoisotopic (exact) mass is 324 g/mol. The molecule has 0 saturated heterocycles. The summed E-state index contributed by atoms with van der Waals surface area (Å²) in [4.78, 5) is 12.5. The number of carbonyl (C=O) groups excluding carboxylic acids is 1. The smallest absolute Gasteiger partial charge is 0.231 e. The highest BCUT2D eigenvalue weighted by atomic mass is 16.5. The van der Waals surface area contributed by atoms with Gasteiger partial charge in [0.25, 0.3) is 0 Å². The number of amides is 1. The van der Waals surface area contributed by atoms with Gasteiger partial charge in [0.2, 0.25) is 5.91 Å². The van der Waals surface area contributed by atoms with Gasteiger partial charge in [0, 0.05) is 11.8 Å². The van der Waals surface area contributed by atoms with Gasteiger partial charge in [-0.2, -0.15) is 5.10 Å². The molecule has 0 saturated carbocycles. The first-order valence-corrected chi connectivity index (χ1v) is 7.84. The summed E-state index contributed by atoms with van der Waals surface area (Å²) >= 11 is 0. The summed E-state index contributed by atoms with van der Waals surface area (Å²) in [5.74, 6) is 0.229. The van der Waals surface area contributed by atoms with Crippen molar-refractivity contribution in [2.75, 3.05) is 5.32 Å². The topological polar surface area (TPSA) is 73.0 Å². The lowest BCUT2D eigenvalue weighted by molar-refractivity contribution is -0.117. The van der Waals surface area contributed by atoms with Crippen LogP contribution in [0.15, 0.2) is 47.2 Å². The maximum atomic E-state index is 12.5. The number of aryl methyl sites for hydroxylation is 2. The van der Waals surface area contributed by atoms with Crippen LogP contribution in [0.2, 0.25) is 0 Å². The van der Waals surface area contributed by atoms with Gasteiger partial charge in [-0.1, -0.05) is 35.5 Å². The molecule has 6 heteroatoms. The fourth-order valence-electron chi connectivity index (χ4n) is 2.77. The van der Waals surface area contributed by atoms with E-state index in [1.165, 1.54) is 0 Å². The number of aromatic nitrogens is 3. The Labute approximate surface area is 140 Å². The van der Waals surface area contributed by atoms with Gasteiger partial charge in [-0.3, -0.25) is 9.48 Å². The summed E-state index contributed by atoms with van der Waals surface area (Å²) < 4.78 is 6.94. The molecule has 0 spiro atoms. The third-order valence-corrected chi connectivity index (χ3v) is 4.00. The molecule has 0 bridgehead atoms. The molecule has 0 unspecified atom stereocenters. The molecule has 0 aliphatic carbocycles. The number of anilines is 1. The largest absolute Gasteiger partial charge is 0.361 e. The van der Waals surface area contributed by atoms with Crippen LogP contribution in [-0.2, 0) is 11.3 Å². The first kappa shape index (κ1) is 16.0. The number of nitrogens with one attached hydrogen (secondary N) is 1. The van der Waals surface area contributed by atoms with Crippen LogP contribution in [0.4, 0.5) is 5.69 Å². The minimum atomic E-state index is -0.339. The Balaban J connectivity index is 1.67. The van der Waals surface area contributed by atoms with Gasteiger partial charge in [-0.15, -0.1) is 0 Å². The average molecular weight is 324 g/mol. The minimum absolute atomic E-state index is 0.108. The summed E-state index contributed by atoms with van der Waals surface area (Å²) in [6.45, 7) is 6.16. The van der Waals surface area contributed by atoms with E-state index < -0.39 is 0 Å². The van der Waals surface area contributed by atoms with Crippen molar-refractivity contribution in [2.45, 2.75) is 33.2 Å². The van der Waals surface area contributed by atoms with Crippen molar-refractivity contribution in [1.82, 2.24) is 14.9 Å². The zero-order valence-electron chi connectivity index (χ0n) is 14.0. The molecule has 124 valence electrons. The second-order valence-corrected chi connectivity index (χ2v) is 5.86. The standard InChI is InChI=1S/C18H20N4O2/c1-12(17-13(2)21-24-14(17)3)18(23)20-16-9-19-22(11-16)10-15-7-5-4-6-8-15/h4-9,11-12H,10H2,1-3H3,(H,20,23)/t12-/m0/s1. The number of hydrogen-bond acceptors (Lipinski definition) is 4. The molecule has 3 rings (SSSR count). The number of nitrogens with zero attached hydrogens (tertiary/aromatic N) is 3. The van der Waals surface area contributed by atoms with E-state index in [4.69, 9.17) is 4.52 Å². The summed E-state index contributed by atoms with van der Waals surface area (Å²) in [5.41, 5.74) is 3.41. The number of hydrogen-bond donors (Lipinski definition) is 1. The van der Waals surface area contributed by atoms with Crippen LogP contribution in [-0.4, -0.2) is 20.8 Å². The van der Waals surface area contributed by atoms with E-state index >= 15 is 0 Å². The maximum Gasteiger partial charge on any atom is 0.231 e. The van der Waals surface area contributed by atoms with Crippen molar-refractivity contribution in [1.29, 1.82) is 0 Å². The van der Waals surface area contributed by atoms with Crippen LogP contribution in [0.1, 0.15) is 35.4 Å². The molecule has 0 aliphatic rings. The second-order valence-electron chi connectivity index (χ2n) is 5.86. The lowest BCUT2D eigenvalue weighted by Crippen LogP contribution is -2.19. The Morgan fingerprint density at radius 1 is 1.29 bits per heavy atom. The van der Waals surface area contributed by atoms with Crippen molar-refractivity contribution in [3.8, 4) is 0 Å². The number of rotatable bonds is 5. The van der Waals surface area contributed by atoms with Crippen LogP contribution in [0, 0.1) is 13.8 Å². The summed E-state index contributed by atoms with van der Waals surface area (Å²) in [7, 11) is 0. The first-order valence-electron chi connectivity index (χ1n) is 7.84. The first-order chi connectivity index (χ1) is 11.5. The molecule has 2 aromatic heterocycles. The van der Waals surface area contributed by atoms with Crippen molar-refractivity contribution in [3.63, 3.8) is 0 Å². The molecule has 1 aromatic carbocycles. The van der Waals surface area contributed by atoms with E-state index in [0.717, 1.165) is 16.8 Å². The van der Waals surface area contributed by atoms with E-state index in [1.807, 2.05) is 57.3 Å². The molecule has 3 aromatic rings. The molecule has 0 aliphatic heterocycles. The zero-order valence-corrected chi connectivity index (χ0v) is 14.0. The van der Waals surface area contributed by atoms with Crippen LogP contribution < -0.4 is 5.32 Å². The van der Waals surface area contributed by atoms with Crippen molar-refractivity contribution in [2.24, 2.45) is 0 Å². The Kier molecular flexibility index (Phi) is 4.46. The van der Waals surface area contributed by atoms with E-state index in [1.54, 1.807) is 10.9 Å². The Morgan fingerprint density at radius 3 is 2.71 bits per heavy atom. The maximum absolute atomic E-state index is 12.5. The molecule has 1 N–H and O–H groups in total. The van der Waals surface area contributed by atoms with Gasteiger partial charge in [-0.25, -0.2) is 0 Å². The molecule has 0 radical (unpaired) electrons. The van der Waals surface area contributed by atoms with E-state index in [9.17, 15) is 4.79 Å². The lowest BCUT2D eigenvalue weighted by atomic mass is 9.99. The predicted molar refractivity (Wildman–Crippen MR) is 90.8 cm³/mol. The molecule has 6 nitrogen and oxygen atoms in total. The SMILES string of the molecule is Cc1noc(C)c1[C@H](C)C(=O)Nc1cnn(Cc2ccccc2)c1. The molecular formula is C18H20N4O2. The van der Waals surface area contributed by atoms with Gasteiger partial charge < -0.3 is 9.84 Å². The zero-order chi connectivity index (χ0) is 17.1. The van der Waals surface area contributed by atoms with Gasteiger partial charge in [0.05, 0.1) is 30.0 Å². The van der Waals surface area contributed by atoms with Crippen molar-refractivity contribution in [3.05, 3.63) is 65.3 Å². The van der Waals surface area contributed by atoms with Gasteiger partial charge in [0.1, 0.15) is 5.76 Å². The Hall–Kier alpha value is -2.89. The van der Waals surface area contributed by atoms with E-state index in [-0.39, 0.29) is 11.8 Å². The molecule has 1 atom stereocenters. The van der Waals surface area contributed by atoms with Gasteiger partial charge in [0.15, 0.2) is 0 Å². The van der Waals surface area contributed by atoms with Crippen molar-refractivity contribution < 1.29 is 9.32 Å². The Bertz CT molecular complexity index is 816. The van der Waals surface area contributed by atoms with Gasteiger partial charge >= 0.3 is 0 Å². The fourth-order valence-corrected chi connectivity index (χ4v) is 2.77. The molecule has 0 fully saturated rings. The van der Waals surface area contributed by atoms with Crippen molar-refractivity contribution >= 4 is 11.6 Å². The summed E-state index contributed by atoms with van der Waals surface area (Å²) in [6.07, 6.45) is 3.48. The predicted octanol–water partition coefficient (Wildman–Crippen LogP) is 3.28. The van der Waals surface area contributed by atoms with Gasteiger partial charge in [-0.05, 0) is 26.3 Å². The van der Waals surface area contributed by atoms with E-state index in [2.05, 4.69) is 15.6 Å². The second kappa shape index (κ2) is 6.70. The van der Waals surface area contributed by atoms with Crippen LogP contribution in [0.25, 0.3) is 0 Å². The molecule has 2 heterocycles. The average Bonchev–Trinajstić information content (AvgIpc) is 3.14. The van der Waals surface area contributed by atoms with Crippen LogP contribution in [0.3, 0.4) is 0 Å². The number of benzene rings is 1. The number of carbonyl (C=O) groups is 1. The molecular weight excluding hydrogens is 304 g/mol. The Morgan fingerprint density at radius 2 is 2.04 bits per heavy atom. The highest BCUT2D eigenvalue weighted by molar-refractivity contribution is 5.95. The fraction of sp³-hybridized carbons (Fsp3) is 0.278. The highest BCUT2D eigenvalue weighted by Gasteiger charge is 2.23.